The third-order valence-electron chi connectivity index (χ3n) is 2.37. The zero-order valence-corrected chi connectivity index (χ0v) is 10.1. The minimum Gasteiger partial charge on any atom is -0.335 e. The van der Waals surface area contributed by atoms with Gasteiger partial charge in [-0.1, -0.05) is 29.3 Å². The Bertz CT molecular complexity index is 405. The van der Waals surface area contributed by atoms with Crippen LogP contribution in [0.15, 0.2) is 18.2 Å². The predicted octanol–water partition coefficient (Wildman–Crippen LogP) is 2.96. The van der Waals surface area contributed by atoms with Crippen LogP contribution in [-0.2, 0) is 6.54 Å². The number of halogens is 2. The lowest BCUT2D eigenvalue weighted by molar-refractivity contribution is 0.240. The number of hydrogen-bond donors (Lipinski definition) is 2. The van der Waals surface area contributed by atoms with Crippen LogP contribution in [0.5, 0.6) is 0 Å². The largest absolute Gasteiger partial charge is 0.335 e. The fraction of sp³-hybridized carbons (Fsp3) is 0.364. The first-order valence-corrected chi connectivity index (χ1v) is 5.89. The van der Waals surface area contributed by atoms with Gasteiger partial charge in [0.1, 0.15) is 0 Å². The summed E-state index contributed by atoms with van der Waals surface area (Å²) >= 11 is 11.7. The summed E-state index contributed by atoms with van der Waals surface area (Å²) < 4.78 is 0. The smallest absolute Gasteiger partial charge is 0.315 e. The summed E-state index contributed by atoms with van der Waals surface area (Å²) in [7, 11) is 0. The van der Waals surface area contributed by atoms with Crippen LogP contribution in [0, 0.1) is 0 Å². The molecule has 1 aliphatic carbocycles. The quantitative estimate of drug-likeness (QED) is 0.860. The van der Waals surface area contributed by atoms with Crippen molar-refractivity contribution in [3.05, 3.63) is 33.8 Å². The SMILES string of the molecule is O=C(NCc1ccc(Cl)cc1Cl)NC1CC1. The van der Waals surface area contributed by atoms with E-state index in [-0.39, 0.29) is 6.03 Å². The highest BCUT2D eigenvalue weighted by atomic mass is 35.5. The molecular weight excluding hydrogens is 247 g/mol. The van der Waals surface area contributed by atoms with Crippen LogP contribution in [0.3, 0.4) is 0 Å². The Morgan fingerprint density at radius 2 is 2.12 bits per heavy atom. The van der Waals surface area contributed by atoms with Crippen LogP contribution >= 0.6 is 23.2 Å². The average Bonchev–Trinajstić information content (AvgIpc) is 3.00. The van der Waals surface area contributed by atoms with E-state index < -0.39 is 0 Å². The first-order valence-electron chi connectivity index (χ1n) is 5.13. The number of hydrogen-bond acceptors (Lipinski definition) is 1. The molecule has 0 unspecified atom stereocenters. The molecule has 5 heteroatoms. The minimum absolute atomic E-state index is 0.145. The Morgan fingerprint density at radius 3 is 2.75 bits per heavy atom. The zero-order valence-electron chi connectivity index (χ0n) is 8.59. The molecule has 2 rings (SSSR count). The Kier molecular flexibility index (Phi) is 3.56. The van der Waals surface area contributed by atoms with Crippen LogP contribution in [0.1, 0.15) is 18.4 Å². The van der Waals surface area contributed by atoms with Crippen LogP contribution in [0.25, 0.3) is 0 Å². The van der Waals surface area contributed by atoms with Crippen molar-refractivity contribution in [1.29, 1.82) is 0 Å². The van der Waals surface area contributed by atoms with Crippen LogP contribution < -0.4 is 10.6 Å². The summed E-state index contributed by atoms with van der Waals surface area (Å²) in [5.74, 6) is 0. The molecule has 1 aromatic carbocycles. The van der Waals surface area contributed by atoms with Gasteiger partial charge in [0, 0.05) is 22.6 Å². The fourth-order valence-electron chi connectivity index (χ4n) is 1.30. The molecule has 2 N–H and O–H groups in total. The molecule has 1 saturated carbocycles. The van der Waals surface area contributed by atoms with E-state index in [9.17, 15) is 4.79 Å². The van der Waals surface area contributed by atoms with E-state index in [1.165, 1.54) is 0 Å². The second-order valence-electron chi connectivity index (χ2n) is 3.84. The number of nitrogens with one attached hydrogen (secondary N) is 2. The molecule has 0 radical (unpaired) electrons. The highest BCUT2D eigenvalue weighted by Gasteiger charge is 2.22. The zero-order chi connectivity index (χ0) is 11.5. The Balaban J connectivity index is 1.85. The van der Waals surface area contributed by atoms with Gasteiger partial charge in [-0.2, -0.15) is 0 Å². The first kappa shape index (κ1) is 11.6. The second kappa shape index (κ2) is 4.93. The number of rotatable bonds is 3. The predicted molar refractivity (Wildman–Crippen MR) is 64.9 cm³/mol. The Hall–Kier alpha value is -0.930. The molecule has 0 atom stereocenters. The summed E-state index contributed by atoms with van der Waals surface area (Å²) in [5.41, 5.74) is 0.858. The highest BCUT2D eigenvalue weighted by molar-refractivity contribution is 6.35. The van der Waals surface area contributed by atoms with Crippen molar-refractivity contribution in [1.82, 2.24) is 10.6 Å². The van der Waals surface area contributed by atoms with Crippen molar-refractivity contribution in [3.63, 3.8) is 0 Å². The van der Waals surface area contributed by atoms with Gasteiger partial charge in [0.25, 0.3) is 0 Å². The highest BCUT2D eigenvalue weighted by Crippen LogP contribution is 2.21. The molecule has 86 valence electrons. The molecule has 2 amide bonds. The normalized spacial score (nSPS) is 14.6. The maximum atomic E-state index is 11.4. The van der Waals surface area contributed by atoms with Gasteiger partial charge in [0.05, 0.1) is 0 Å². The molecule has 1 aliphatic rings. The third kappa shape index (κ3) is 3.29. The van der Waals surface area contributed by atoms with Gasteiger partial charge in [-0.3, -0.25) is 0 Å². The van der Waals surface area contributed by atoms with Gasteiger partial charge >= 0.3 is 6.03 Å². The van der Waals surface area contributed by atoms with Gasteiger partial charge < -0.3 is 10.6 Å². The summed E-state index contributed by atoms with van der Waals surface area (Å²) in [6.07, 6.45) is 2.16. The lowest BCUT2D eigenvalue weighted by Crippen LogP contribution is -2.36. The van der Waals surface area contributed by atoms with Crippen molar-refractivity contribution < 1.29 is 4.79 Å². The number of benzene rings is 1. The molecule has 0 spiro atoms. The summed E-state index contributed by atoms with van der Waals surface area (Å²) in [4.78, 5) is 11.4. The van der Waals surface area contributed by atoms with Crippen LogP contribution in [0.4, 0.5) is 4.79 Å². The molecular formula is C11H12Cl2N2O. The maximum Gasteiger partial charge on any atom is 0.315 e. The second-order valence-corrected chi connectivity index (χ2v) is 4.68. The van der Waals surface area contributed by atoms with E-state index in [4.69, 9.17) is 23.2 Å². The molecule has 1 aromatic rings. The molecule has 0 aliphatic heterocycles. The van der Waals surface area contributed by atoms with E-state index in [1.54, 1.807) is 12.1 Å². The van der Waals surface area contributed by atoms with Gasteiger partial charge in [0.15, 0.2) is 0 Å². The van der Waals surface area contributed by atoms with E-state index in [1.807, 2.05) is 6.07 Å². The van der Waals surface area contributed by atoms with Gasteiger partial charge in [-0.15, -0.1) is 0 Å². The molecule has 0 heterocycles. The van der Waals surface area contributed by atoms with Crippen molar-refractivity contribution in [2.24, 2.45) is 0 Å². The van der Waals surface area contributed by atoms with E-state index in [0.29, 0.717) is 22.6 Å². The lowest BCUT2D eigenvalue weighted by atomic mass is 10.2. The monoisotopic (exact) mass is 258 g/mol. The topological polar surface area (TPSA) is 41.1 Å². The summed E-state index contributed by atoms with van der Waals surface area (Å²) in [5, 5.41) is 6.75. The van der Waals surface area contributed by atoms with Crippen molar-refractivity contribution >= 4 is 29.2 Å². The van der Waals surface area contributed by atoms with E-state index >= 15 is 0 Å². The summed E-state index contributed by atoms with van der Waals surface area (Å²) in [6.45, 7) is 0.411. The lowest BCUT2D eigenvalue weighted by Gasteiger charge is -2.08. The fourth-order valence-corrected chi connectivity index (χ4v) is 1.78. The average molecular weight is 259 g/mol. The van der Waals surface area contributed by atoms with Gasteiger partial charge in [-0.25, -0.2) is 4.79 Å². The molecule has 0 bridgehead atoms. The third-order valence-corrected chi connectivity index (χ3v) is 2.95. The minimum atomic E-state index is -0.145. The molecule has 0 saturated heterocycles. The molecule has 0 aromatic heterocycles. The van der Waals surface area contributed by atoms with Crippen LogP contribution in [0.2, 0.25) is 10.0 Å². The Morgan fingerprint density at radius 1 is 1.38 bits per heavy atom. The van der Waals surface area contributed by atoms with Gasteiger partial charge in [-0.05, 0) is 30.5 Å². The summed E-state index contributed by atoms with van der Waals surface area (Å²) in [6, 6.07) is 5.44. The van der Waals surface area contributed by atoms with Gasteiger partial charge in [0.2, 0.25) is 0 Å². The maximum absolute atomic E-state index is 11.4. The standard InChI is InChI=1S/C11H12Cl2N2O/c12-8-2-1-7(10(13)5-8)6-14-11(16)15-9-3-4-9/h1-2,5,9H,3-4,6H2,(H2,14,15,16). The molecule has 3 nitrogen and oxygen atoms in total. The molecule has 16 heavy (non-hydrogen) atoms. The number of urea groups is 1. The van der Waals surface area contributed by atoms with Crippen molar-refractivity contribution in [2.75, 3.05) is 0 Å². The Labute approximate surface area is 104 Å². The first-order chi connectivity index (χ1) is 7.65. The number of carbonyl (C=O) groups is 1. The van der Waals surface area contributed by atoms with Crippen LogP contribution in [-0.4, -0.2) is 12.1 Å². The van der Waals surface area contributed by atoms with E-state index in [0.717, 1.165) is 18.4 Å². The van der Waals surface area contributed by atoms with Crippen molar-refractivity contribution in [2.45, 2.75) is 25.4 Å². The van der Waals surface area contributed by atoms with E-state index in [2.05, 4.69) is 10.6 Å². The van der Waals surface area contributed by atoms with Crippen molar-refractivity contribution in [3.8, 4) is 0 Å². The molecule has 1 fully saturated rings. The number of amides is 2. The number of carbonyl (C=O) groups excluding carboxylic acids is 1.